The van der Waals surface area contributed by atoms with Crippen LogP contribution in [0, 0.1) is 0 Å². The Kier molecular flexibility index (Phi) is 4.78. The zero-order valence-corrected chi connectivity index (χ0v) is 16.4. The molecule has 4 atom stereocenters. The van der Waals surface area contributed by atoms with E-state index in [0.29, 0.717) is 19.0 Å². The maximum Gasteiger partial charge on any atom is 0.303 e. The van der Waals surface area contributed by atoms with Gasteiger partial charge in [0.15, 0.2) is 18.0 Å². The number of nitrogens with zero attached hydrogens (tertiary/aromatic N) is 2. The van der Waals surface area contributed by atoms with Crippen LogP contribution in [0.2, 0.25) is 0 Å². The van der Waals surface area contributed by atoms with Crippen molar-refractivity contribution in [2.45, 2.75) is 31.3 Å². The number of aromatic nitrogens is 2. The summed E-state index contributed by atoms with van der Waals surface area (Å²) in [6, 6.07) is 9.61. The standard InChI is InChI=1S/C20H19N3O5S/c1-11(24)27-15-8-25-18-16(9-26-17(15)18)28-13-4-2-12(3-5-13)23-20-19-14(6-7-29-19)21-10-22-20/h2-7,10,15-18H,8-9H2,1H3,(H,21,22,23)/t15-,16-,17+,18?/m0/s1. The summed E-state index contributed by atoms with van der Waals surface area (Å²) in [6.07, 6.45) is 0.406. The number of anilines is 2. The third kappa shape index (κ3) is 3.64. The number of fused-ring (bicyclic) bond motifs is 2. The van der Waals surface area contributed by atoms with Gasteiger partial charge in [0.2, 0.25) is 0 Å². The molecular formula is C20H19N3O5S. The Morgan fingerprint density at radius 2 is 1.86 bits per heavy atom. The minimum absolute atomic E-state index is 0.244. The number of benzene rings is 1. The number of ether oxygens (including phenoxy) is 4. The Hall–Kier alpha value is -2.75. The van der Waals surface area contributed by atoms with Gasteiger partial charge < -0.3 is 24.3 Å². The van der Waals surface area contributed by atoms with E-state index < -0.39 is 0 Å². The number of thiophene rings is 1. The van der Waals surface area contributed by atoms with Crippen molar-refractivity contribution < 1.29 is 23.7 Å². The fourth-order valence-electron chi connectivity index (χ4n) is 3.65. The number of hydrogen-bond acceptors (Lipinski definition) is 9. The third-order valence-electron chi connectivity index (χ3n) is 4.93. The normalized spacial score (nSPS) is 25.7. The van der Waals surface area contributed by atoms with Crippen molar-refractivity contribution in [1.82, 2.24) is 9.97 Å². The molecule has 0 radical (unpaired) electrons. The fraction of sp³-hybridized carbons (Fsp3) is 0.350. The molecule has 5 rings (SSSR count). The summed E-state index contributed by atoms with van der Waals surface area (Å²) in [5.74, 6) is 1.16. The van der Waals surface area contributed by atoms with Crippen molar-refractivity contribution in [3.63, 3.8) is 0 Å². The zero-order chi connectivity index (χ0) is 19.8. The Balaban J connectivity index is 1.23. The molecule has 2 fully saturated rings. The van der Waals surface area contributed by atoms with E-state index in [1.165, 1.54) is 6.92 Å². The summed E-state index contributed by atoms with van der Waals surface area (Å²) in [4.78, 5) is 19.8. The van der Waals surface area contributed by atoms with E-state index in [4.69, 9.17) is 18.9 Å². The predicted molar refractivity (Wildman–Crippen MR) is 107 cm³/mol. The van der Waals surface area contributed by atoms with E-state index in [1.807, 2.05) is 35.7 Å². The van der Waals surface area contributed by atoms with Gasteiger partial charge in [-0.25, -0.2) is 9.97 Å². The smallest absolute Gasteiger partial charge is 0.303 e. The van der Waals surface area contributed by atoms with E-state index >= 15 is 0 Å². The molecule has 1 aromatic carbocycles. The van der Waals surface area contributed by atoms with E-state index in [0.717, 1.165) is 21.7 Å². The summed E-state index contributed by atoms with van der Waals surface area (Å²) in [7, 11) is 0. The lowest BCUT2D eigenvalue weighted by molar-refractivity contribution is -0.150. The van der Waals surface area contributed by atoms with Crippen LogP contribution in [-0.2, 0) is 19.0 Å². The molecule has 1 unspecified atom stereocenters. The van der Waals surface area contributed by atoms with Gasteiger partial charge in [-0.05, 0) is 35.7 Å². The molecule has 0 bridgehead atoms. The molecule has 0 spiro atoms. The van der Waals surface area contributed by atoms with Crippen LogP contribution in [0.3, 0.4) is 0 Å². The molecule has 4 heterocycles. The van der Waals surface area contributed by atoms with Crippen LogP contribution in [0.1, 0.15) is 6.92 Å². The first-order valence-electron chi connectivity index (χ1n) is 9.30. The minimum atomic E-state index is -0.375. The lowest BCUT2D eigenvalue weighted by atomic mass is 10.1. The molecule has 1 N–H and O–H groups in total. The number of rotatable bonds is 5. The quantitative estimate of drug-likeness (QED) is 0.639. The maximum atomic E-state index is 11.2. The van der Waals surface area contributed by atoms with Gasteiger partial charge in [-0.15, -0.1) is 11.3 Å². The molecule has 2 aliphatic rings. The van der Waals surface area contributed by atoms with Crippen molar-refractivity contribution in [1.29, 1.82) is 0 Å². The second kappa shape index (κ2) is 7.58. The van der Waals surface area contributed by atoms with Gasteiger partial charge in [-0.2, -0.15) is 0 Å². The number of carbonyl (C=O) groups excluding carboxylic acids is 1. The molecule has 0 saturated carbocycles. The van der Waals surface area contributed by atoms with Crippen LogP contribution >= 0.6 is 11.3 Å². The van der Waals surface area contributed by atoms with Crippen molar-refractivity contribution >= 4 is 39.0 Å². The molecular weight excluding hydrogens is 394 g/mol. The summed E-state index contributed by atoms with van der Waals surface area (Å²) in [5.41, 5.74) is 1.82. The van der Waals surface area contributed by atoms with Gasteiger partial charge in [0.25, 0.3) is 0 Å². The largest absolute Gasteiger partial charge is 0.485 e. The molecule has 2 aliphatic heterocycles. The van der Waals surface area contributed by atoms with Gasteiger partial charge >= 0.3 is 5.97 Å². The number of nitrogens with one attached hydrogen (secondary N) is 1. The fourth-order valence-corrected chi connectivity index (χ4v) is 4.44. The molecule has 150 valence electrons. The van der Waals surface area contributed by atoms with Crippen molar-refractivity contribution in [2.75, 3.05) is 18.5 Å². The first kappa shape index (κ1) is 18.3. The Bertz CT molecular complexity index is 1020. The molecule has 8 nitrogen and oxygen atoms in total. The van der Waals surface area contributed by atoms with Crippen LogP contribution in [-0.4, -0.2) is 53.6 Å². The number of hydrogen-bond donors (Lipinski definition) is 1. The third-order valence-corrected chi connectivity index (χ3v) is 5.84. The molecule has 2 aromatic heterocycles. The first-order chi connectivity index (χ1) is 14.2. The Labute approximate surface area is 170 Å². The zero-order valence-electron chi connectivity index (χ0n) is 15.6. The van der Waals surface area contributed by atoms with Gasteiger partial charge in [0.1, 0.15) is 24.3 Å². The predicted octanol–water partition coefficient (Wildman–Crippen LogP) is 2.91. The highest BCUT2D eigenvalue weighted by Gasteiger charge is 2.50. The van der Waals surface area contributed by atoms with Crippen LogP contribution in [0.15, 0.2) is 42.0 Å². The van der Waals surface area contributed by atoms with Gasteiger partial charge in [0, 0.05) is 12.6 Å². The summed E-state index contributed by atoms with van der Waals surface area (Å²) in [6.45, 7) is 2.11. The topological polar surface area (TPSA) is 91.8 Å². The van der Waals surface area contributed by atoms with E-state index in [9.17, 15) is 4.79 Å². The summed E-state index contributed by atoms with van der Waals surface area (Å²) in [5, 5.41) is 5.32. The second-order valence-corrected chi connectivity index (χ2v) is 7.82. The summed E-state index contributed by atoms with van der Waals surface area (Å²) >= 11 is 1.60. The number of esters is 1. The Morgan fingerprint density at radius 3 is 2.66 bits per heavy atom. The molecule has 3 aromatic rings. The second-order valence-electron chi connectivity index (χ2n) is 6.91. The molecule has 0 aliphatic carbocycles. The highest BCUT2D eigenvalue weighted by molar-refractivity contribution is 7.17. The maximum absolute atomic E-state index is 11.2. The molecule has 2 saturated heterocycles. The van der Waals surface area contributed by atoms with E-state index in [-0.39, 0.29) is 30.4 Å². The van der Waals surface area contributed by atoms with Crippen molar-refractivity contribution in [3.8, 4) is 5.75 Å². The van der Waals surface area contributed by atoms with Crippen LogP contribution in [0.4, 0.5) is 11.5 Å². The Morgan fingerprint density at radius 1 is 1.10 bits per heavy atom. The van der Waals surface area contributed by atoms with E-state index in [2.05, 4.69) is 15.3 Å². The lowest BCUT2D eigenvalue weighted by Gasteiger charge is -2.18. The monoisotopic (exact) mass is 413 g/mol. The highest BCUT2D eigenvalue weighted by Crippen LogP contribution is 2.32. The first-order valence-corrected chi connectivity index (χ1v) is 10.2. The highest BCUT2D eigenvalue weighted by atomic mass is 32.1. The lowest BCUT2D eigenvalue weighted by Crippen LogP contribution is -2.36. The van der Waals surface area contributed by atoms with E-state index in [1.54, 1.807) is 17.7 Å². The van der Waals surface area contributed by atoms with Crippen LogP contribution in [0.5, 0.6) is 5.75 Å². The summed E-state index contributed by atoms with van der Waals surface area (Å²) < 4.78 is 23.9. The SMILES string of the molecule is CC(=O)O[C@H]1COC2[C@@H](Oc3ccc(Nc4ncnc5ccsc45)cc3)CO[C@@H]21. The average molecular weight is 413 g/mol. The van der Waals surface area contributed by atoms with Gasteiger partial charge in [-0.3, -0.25) is 4.79 Å². The average Bonchev–Trinajstić information content (AvgIpc) is 3.42. The van der Waals surface area contributed by atoms with Crippen molar-refractivity contribution in [2.24, 2.45) is 0 Å². The van der Waals surface area contributed by atoms with Crippen LogP contribution < -0.4 is 10.1 Å². The molecule has 0 amide bonds. The minimum Gasteiger partial charge on any atom is -0.485 e. The molecule has 9 heteroatoms. The number of carbonyl (C=O) groups is 1. The molecule has 29 heavy (non-hydrogen) atoms. The van der Waals surface area contributed by atoms with Gasteiger partial charge in [0.05, 0.1) is 23.4 Å². The van der Waals surface area contributed by atoms with Gasteiger partial charge in [-0.1, -0.05) is 0 Å². The van der Waals surface area contributed by atoms with Crippen LogP contribution in [0.25, 0.3) is 10.2 Å². The van der Waals surface area contributed by atoms with Crippen molar-refractivity contribution in [3.05, 3.63) is 42.0 Å².